The van der Waals surface area contributed by atoms with Crippen LogP contribution in [0.2, 0.25) is 0 Å². The van der Waals surface area contributed by atoms with Crippen LogP contribution in [0.25, 0.3) is 11.1 Å². The second-order valence-electron chi connectivity index (χ2n) is 23.9. The third kappa shape index (κ3) is 6.00. The average molecular weight is 855 g/mol. The molecule has 4 aromatic rings. The van der Waals surface area contributed by atoms with Gasteiger partial charge in [-0.2, -0.15) is 0 Å². The number of hydrogen-bond acceptors (Lipinski definition) is 2. The van der Waals surface area contributed by atoms with Crippen LogP contribution in [0, 0.1) is 11.8 Å². The van der Waals surface area contributed by atoms with E-state index in [4.69, 9.17) is 0 Å². The first-order valence-corrected chi connectivity index (χ1v) is 27.2. The fourth-order valence-corrected chi connectivity index (χ4v) is 17.3. The summed E-state index contributed by atoms with van der Waals surface area (Å²) >= 11 is 0. The number of rotatable bonds is 14. The van der Waals surface area contributed by atoms with Gasteiger partial charge in [-0.05, 0) is 147 Å². The molecule has 11 rings (SSSR count). The Kier molecular flexibility index (Phi) is 10.8. The molecule has 2 aliphatic heterocycles. The summed E-state index contributed by atoms with van der Waals surface area (Å²) in [5, 5.41) is 0. The summed E-state index contributed by atoms with van der Waals surface area (Å²) in [6.45, 7) is 15.2. The van der Waals surface area contributed by atoms with Gasteiger partial charge in [0.15, 0.2) is 0 Å². The minimum absolute atomic E-state index is 0.0720. The molecule has 2 heterocycles. The van der Waals surface area contributed by atoms with E-state index < -0.39 is 0 Å². The number of unbranched alkanes of at least 4 members (excludes halogenated alkanes) is 8. The lowest BCUT2D eigenvalue weighted by molar-refractivity contribution is 0.194. The molecule has 4 atom stereocenters. The first kappa shape index (κ1) is 43.1. The maximum absolute atomic E-state index is 2.88. The molecule has 0 bridgehead atoms. The van der Waals surface area contributed by atoms with Gasteiger partial charge in [0, 0.05) is 44.4 Å². The Morgan fingerprint density at radius 2 is 0.828 bits per heavy atom. The molecule has 0 saturated heterocycles. The number of nitrogens with zero attached hydrogens (tertiary/aromatic N) is 2. The van der Waals surface area contributed by atoms with Crippen molar-refractivity contribution in [2.24, 2.45) is 11.8 Å². The predicted octanol–water partition coefficient (Wildman–Crippen LogP) is 17.9. The maximum Gasteiger partial charge on any atom is 0.0517 e. The molecule has 0 spiro atoms. The minimum Gasteiger partial charge on any atom is -0.334 e. The van der Waals surface area contributed by atoms with Gasteiger partial charge in [0.2, 0.25) is 0 Å². The van der Waals surface area contributed by atoms with Crippen molar-refractivity contribution in [2.75, 3.05) is 9.80 Å². The highest BCUT2D eigenvalue weighted by molar-refractivity contribution is 5.87. The zero-order valence-corrected chi connectivity index (χ0v) is 41.1. The van der Waals surface area contributed by atoms with Crippen LogP contribution < -0.4 is 9.80 Å². The highest BCUT2D eigenvalue weighted by atomic mass is 15.3. The summed E-state index contributed by atoms with van der Waals surface area (Å²) in [6.07, 6.45) is 32.6. The quantitative estimate of drug-likeness (QED) is 0.117. The Morgan fingerprint density at radius 1 is 0.438 bits per heavy atom. The van der Waals surface area contributed by atoms with Gasteiger partial charge in [-0.1, -0.05) is 179 Å². The van der Waals surface area contributed by atoms with Gasteiger partial charge in [-0.3, -0.25) is 0 Å². The van der Waals surface area contributed by atoms with Crippen LogP contribution in [0.1, 0.15) is 218 Å². The Bertz CT molecular complexity index is 2190. The molecule has 5 aliphatic carbocycles. The normalized spacial score (nSPS) is 34.1. The van der Waals surface area contributed by atoms with Gasteiger partial charge in [0.1, 0.15) is 0 Å². The molecule has 0 N–H and O–H groups in total. The van der Waals surface area contributed by atoms with E-state index in [2.05, 4.69) is 136 Å². The summed E-state index contributed by atoms with van der Waals surface area (Å²) < 4.78 is 0. The molecule has 2 nitrogen and oxygen atoms in total. The van der Waals surface area contributed by atoms with E-state index in [0.29, 0.717) is 0 Å². The highest BCUT2D eigenvalue weighted by Gasteiger charge is 2.67. The third-order valence-electron chi connectivity index (χ3n) is 20.8. The Morgan fingerprint density at radius 3 is 1.25 bits per heavy atom. The van der Waals surface area contributed by atoms with Crippen LogP contribution >= 0.6 is 0 Å². The fourth-order valence-electron chi connectivity index (χ4n) is 17.3. The number of hydrogen-bond donors (Lipinski definition) is 0. The van der Waals surface area contributed by atoms with Gasteiger partial charge in [-0.15, -0.1) is 0 Å². The molecule has 2 heteroatoms. The smallest absolute Gasteiger partial charge is 0.0517 e. The van der Waals surface area contributed by atoms with Crippen LogP contribution in [-0.4, -0.2) is 11.1 Å². The predicted molar refractivity (Wildman–Crippen MR) is 273 cm³/mol. The zero-order valence-electron chi connectivity index (χ0n) is 41.1. The summed E-state index contributed by atoms with van der Waals surface area (Å²) in [7, 11) is 0. The first-order chi connectivity index (χ1) is 31.1. The largest absolute Gasteiger partial charge is 0.334 e. The van der Waals surface area contributed by atoms with E-state index in [1.54, 1.807) is 33.4 Å². The van der Waals surface area contributed by atoms with E-state index >= 15 is 0 Å². The van der Waals surface area contributed by atoms with Gasteiger partial charge < -0.3 is 9.80 Å². The third-order valence-corrected chi connectivity index (χ3v) is 20.8. The van der Waals surface area contributed by atoms with Crippen molar-refractivity contribution in [2.45, 2.75) is 228 Å². The molecule has 4 saturated carbocycles. The lowest BCUT2D eigenvalue weighted by atomic mass is 9.55. The van der Waals surface area contributed by atoms with E-state index in [-0.39, 0.29) is 32.7 Å². The topological polar surface area (TPSA) is 6.48 Å². The highest BCUT2D eigenvalue weighted by Crippen LogP contribution is 2.74. The average Bonchev–Trinajstić information content (AvgIpc) is 3.93. The van der Waals surface area contributed by atoms with E-state index in [0.717, 1.165) is 11.8 Å². The number of anilines is 4. The van der Waals surface area contributed by atoms with Gasteiger partial charge in [0.05, 0.1) is 11.1 Å². The van der Waals surface area contributed by atoms with Crippen LogP contribution in [0.15, 0.2) is 84.9 Å². The molecule has 0 aromatic heterocycles. The molecule has 4 fully saturated rings. The second-order valence-corrected chi connectivity index (χ2v) is 23.9. The van der Waals surface area contributed by atoms with E-state index in [9.17, 15) is 0 Å². The summed E-state index contributed by atoms with van der Waals surface area (Å²) in [6, 6.07) is 35.2. The summed E-state index contributed by atoms with van der Waals surface area (Å²) in [5.74, 6) is 1.58. The number of fused-ring (bicyclic) bond motifs is 9. The van der Waals surface area contributed by atoms with E-state index in [1.807, 2.05) is 0 Å². The van der Waals surface area contributed by atoms with Crippen LogP contribution in [0.4, 0.5) is 22.7 Å². The molecular weight excluding hydrogens is 773 g/mol. The molecular formula is C62H82N2. The zero-order chi connectivity index (χ0) is 44.0. The van der Waals surface area contributed by atoms with Crippen molar-refractivity contribution in [1.82, 2.24) is 0 Å². The molecule has 0 amide bonds. The maximum atomic E-state index is 2.88. The molecule has 340 valence electrons. The van der Waals surface area contributed by atoms with Gasteiger partial charge in [-0.25, -0.2) is 0 Å². The second kappa shape index (κ2) is 16.1. The summed E-state index contributed by atoms with van der Waals surface area (Å²) in [5.41, 5.74) is 16.4. The van der Waals surface area contributed by atoms with Crippen LogP contribution in [0.3, 0.4) is 0 Å². The standard InChI is InChI=1S/C62H82N2/c1-7-9-11-13-15-25-45-41-61-43-46(26-16-14-12-10-8-2)44-62(61,42-45)54-40-48(64-56-30-20-18-28-52(56)58(4)36-22-24-38-60(58,64)6)32-34-50(54)49-33-31-47(39-53(49)61)63-55-29-19-17-27-51(55)57(3)35-21-23-37-59(57,63)5/h17-20,27-34,39-40,45-46H,7-16,21-26,35-38,41-44H2,1-6H3. The van der Waals surface area contributed by atoms with Gasteiger partial charge >= 0.3 is 0 Å². The Balaban J connectivity index is 1.08. The van der Waals surface area contributed by atoms with Crippen molar-refractivity contribution in [3.8, 4) is 11.1 Å². The lowest BCUT2D eigenvalue weighted by Crippen LogP contribution is -2.54. The first-order valence-electron chi connectivity index (χ1n) is 27.2. The molecule has 7 aliphatic rings. The fraction of sp³-hybridized carbons (Fsp3) is 0.613. The Hall–Kier alpha value is -3.52. The van der Waals surface area contributed by atoms with Crippen LogP contribution in [-0.2, 0) is 21.7 Å². The van der Waals surface area contributed by atoms with Crippen LogP contribution in [0.5, 0.6) is 0 Å². The van der Waals surface area contributed by atoms with Crippen molar-refractivity contribution < 1.29 is 0 Å². The van der Waals surface area contributed by atoms with Crippen molar-refractivity contribution in [1.29, 1.82) is 0 Å². The number of para-hydroxylation sites is 2. The minimum atomic E-state index is 0.0720. The van der Waals surface area contributed by atoms with Crippen molar-refractivity contribution >= 4 is 22.7 Å². The van der Waals surface area contributed by atoms with Crippen molar-refractivity contribution in [3.63, 3.8) is 0 Å². The van der Waals surface area contributed by atoms with E-state index in [1.165, 1.54) is 177 Å². The SMILES string of the molecule is CCCCCCCC1CC23CC(CCCCCCC)CC2(C1)c1cc(N2c4ccccc4C4(C)CCCCC24C)ccc1-c1ccc(N2c4ccccc4C4(C)CCCCC24C)cc13. The summed E-state index contributed by atoms with van der Waals surface area (Å²) in [4.78, 5) is 5.76. The monoisotopic (exact) mass is 855 g/mol. The molecule has 0 radical (unpaired) electrons. The Labute approximate surface area is 389 Å². The van der Waals surface area contributed by atoms with Crippen molar-refractivity contribution in [3.05, 3.63) is 107 Å². The molecule has 4 aromatic carbocycles. The number of benzene rings is 4. The molecule has 64 heavy (non-hydrogen) atoms. The lowest BCUT2D eigenvalue weighted by Gasteiger charge is -2.52. The van der Waals surface area contributed by atoms with Gasteiger partial charge in [0.25, 0.3) is 0 Å². The molecule has 4 unspecified atom stereocenters.